The Morgan fingerprint density at radius 3 is 2.72 bits per heavy atom. The highest BCUT2D eigenvalue weighted by Gasteiger charge is 2.25. The SMILES string of the molecule is Cn1cc(C(=O)N2CCCN(Cc3ccc(C#N)cc3)CC2)c(-c2ccco2)n1. The van der Waals surface area contributed by atoms with Crippen LogP contribution in [0.15, 0.2) is 53.3 Å². The number of aromatic nitrogens is 2. The summed E-state index contributed by atoms with van der Waals surface area (Å²) in [6.45, 7) is 3.94. The predicted molar refractivity (Wildman–Crippen MR) is 108 cm³/mol. The topological polar surface area (TPSA) is 78.3 Å². The molecule has 148 valence electrons. The Kier molecular flexibility index (Phi) is 5.45. The molecule has 0 unspecified atom stereocenters. The first-order valence-corrected chi connectivity index (χ1v) is 9.72. The minimum absolute atomic E-state index is 0.00952. The molecule has 2 aromatic heterocycles. The Morgan fingerprint density at radius 1 is 1.17 bits per heavy atom. The van der Waals surface area contributed by atoms with Gasteiger partial charge in [-0.15, -0.1) is 0 Å². The van der Waals surface area contributed by atoms with Crippen LogP contribution in [0.3, 0.4) is 0 Å². The molecule has 29 heavy (non-hydrogen) atoms. The van der Waals surface area contributed by atoms with E-state index >= 15 is 0 Å². The molecule has 7 nitrogen and oxygen atoms in total. The lowest BCUT2D eigenvalue weighted by atomic mass is 10.1. The quantitative estimate of drug-likeness (QED) is 0.686. The monoisotopic (exact) mass is 389 g/mol. The smallest absolute Gasteiger partial charge is 0.257 e. The number of carbonyl (C=O) groups is 1. The molecule has 1 fully saturated rings. The molecule has 7 heteroatoms. The zero-order valence-electron chi connectivity index (χ0n) is 16.4. The molecule has 0 bridgehead atoms. The van der Waals surface area contributed by atoms with Gasteiger partial charge in [0.25, 0.3) is 5.91 Å². The second-order valence-corrected chi connectivity index (χ2v) is 7.27. The third-order valence-electron chi connectivity index (χ3n) is 5.18. The Balaban J connectivity index is 1.43. The predicted octanol–water partition coefficient (Wildman–Crippen LogP) is 2.90. The number of rotatable bonds is 4. The number of aryl methyl sites for hydroxylation is 1. The van der Waals surface area contributed by atoms with Gasteiger partial charge in [0.1, 0.15) is 5.69 Å². The molecular weight excluding hydrogens is 366 g/mol. The Morgan fingerprint density at radius 2 is 2.00 bits per heavy atom. The lowest BCUT2D eigenvalue weighted by Crippen LogP contribution is -2.35. The van der Waals surface area contributed by atoms with Gasteiger partial charge < -0.3 is 9.32 Å². The van der Waals surface area contributed by atoms with Crippen molar-refractivity contribution in [2.45, 2.75) is 13.0 Å². The summed E-state index contributed by atoms with van der Waals surface area (Å²) < 4.78 is 7.11. The molecule has 0 spiro atoms. The van der Waals surface area contributed by atoms with Crippen molar-refractivity contribution >= 4 is 5.91 Å². The standard InChI is InChI=1S/C22H23N5O2/c1-25-16-19(21(24-25)20-4-2-13-29-20)22(28)27-10-3-9-26(11-12-27)15-18-7-5-17(14-23)6-8-18/h2,4-8,13,16H,3,9-12,15H2,1H3. The number of nitrogens with zero attached hydrogens (tertiary/aromatic N) is 5. The van der Waals surface area contributed by atoms with Gasteiger partial charge in [-0.2, -0.15) is 10.4 Å². The van der Waals surface area contributed by atoms with Crippen LogP contribution in [0.5, 0.6) is 0 Å². The summed E-state index contributed by atoms with van der Waals surface area (Å²) in [4.78, 5) is 17.5. The maximum atomic E-state index is 13.2. The van der Waals surface area contributed by atoms with Crippen LogP contribution in [0.1, 0.15) is 27.9 Å². The van der Waals surface area contributed by atoms with Gasteiger partial charge in [-0.25, -0.2) is 0 Å². The van der Waals surface area contributed by atoms with Gasteiger partial charge in [0, 0.05) is 46.0 Å². The number of carbonyl (C=O) groups excluding carboxylic acids is 1. The Bertz CT molecular complexity index is 1010. The first-order chi connectivity index (χ1) is 14.1. The average Bonchev–Trinajstić information content (AvgIpc) is 3.34. The molecule has 4 rings (SSSR count). The average molecular weight is 389 g/mol. The van der Waals surface area contributed by atoms with Gasteiger partial charge >= 0.3 is 0 Å². The number of furan rings is 1. The highest BCUT2D eigenvalue weighted by molar-refractivity contribution is 5.99. The summed E-state index contributed by atoms with van der Waals surface area (Å²) in [5.74, 6) is 0.593. The van der Waals surface area contributed by atoms with Crippen molar-refractivity contribution in [2.75, 3.05) is 26.2 Å². The van der Waals surface area contributed by atoms with Crippen molar-refractivity contribution < 1.29 is 9.21 Å². The second-order valence-electron chi connectivity index (χ2n) is 7.27. The molecule has 1 aliphatic rings. The molecule has 0 radical (unpaired) electrons. The molecule has 1 aliphatic heterocycles. The van der Waals surface area contributed by atoms with Crippen LogP contribution in [0, 0.1) is 11.3 Å². The van der Waals surface area contributed by atoms with Gasteiger partial charge in [-0.1, -0.05) is 12.1 Å². The molecule has 1 aromatic carbocycles. The van der Waals surface area contributed by atoms with E-state index < -0.39 is 0 Å². The molecule has 0 saturated carbocycles. The van der Waals surface area contributed by atoms with Crippen LogP contribution >= 0.6 is 0 Å². The Hall–Kier alpha value is -3.37. The lowest BCUT2D eigenvalue weighted by molar-refractivity contribution is 0.0761. The van der Waals surface area contributed by atoms with Crippen LogP contribution in [-0.2, 0) is 13.6 Å². The normalized spacial score (nSPS) is 15.1. The van der Waals surface area contributed by atoms with E-state index in [1.54, 1.807) is 23.2 Å². The molecular formula is C22H23N5O2. The van der Waals surface area contributed by atoms with Crippen LogP contribution in [0.25, 0.3) is 11.5 Å². The lowest BCUT2D eigenvalue weighted by Gasteiger charge is -2.22. The molecule has 0 atom stereocenters. The maximum absolute atomic E-state index is 13.2. The summed E-state index contributed by atoms with van der Waals surface area (Å²) in [5, 5.41) is 13.4. The largest absolute Gasteiger partial charge is 0.463 e. The zero-order valence-corrected chi connectivity index (χ0v) is 16.4. The van der Waals surface area contributed by atoms with E-state index in [9.17, 15) is 4.79 Å². The molecule has 0 N–H and O–H groups in total. The van der Waals surface area contributed by atoms with Crippen molar-refractivity contribution in [3.05, 3.63) is 65.5 Å². The van der Waals surface area contributed by atoms with E-state index in [1.165, 1.54) is 5.56 Å². The summed E-state index contributed by atoms with van der Waals surface area (Å²) in [6.07, 6.45) is 4.27. The second kappa shape index (κ2) is 8.33. The third kappa shape index (κ3) is 4.23. The minimum Gasteiger partial charge on any atom is -0.463 e. The van der Waals surface area contributed by atoms with E-state index in [-0.39, 0.29) is 5.91 Å². The zero-order chi connectivity index (χ0) is 20.2. The van der Waals surface area contributed by atoms with Crippen molar-refractivity contribution in [3.8, 4) is 17.5 Å². The fourth-order valence-corrected chi connectivity index (χ4v) is 3.69. The van der Waals surface area contributed by atoms with Crippen molar-refractivity contribution in [3.63, 3.8) is 0 Å². The summed E-state index contributed by atoms with van der Waals surface area (Å²) >= 11 is 0. The van der Waals surface area contributed by atoms with Gasteiger partial charge in [0.2, 0.25) is 0 Å². The van der Waals surface area contributed by atoms with Crippen LogP contribution < -0.4 is 0 Å². The highest BCUT2D eigenvalue weighted by Crippen LogP contribution is 2.24. The van der Waals surface area contributed by atoms with Gasteiger partial charge in [-0.05, 0) is 36.2 Å². The Labute approximate surface area is 169 Å². The first kappa shape index (κ1) is 19.0. The molecule has 3 heterocycles. The minimum atomic E-state index is -0.00952. The first-order valence-electron chi connectivity index (χ1n) is 9.72. The number of benzene rings is 1. The summed E-state index contributed by atoms with van der Waals surface area (Å²) in [7, 11) is 1.81. The van der Waals surface area contributed by atoms with Crippen LogP contribution in [-0.4, -0.2) is 51.7 Å². The number of amides is 1. The number of hydrogen-bond acceptors (Lipinski definition) is 5. The van der Waals surface area contributed by atoms with Crippen molar-refractivity contribution in [2.24, 2.45) is 7.05 Å². The van der Waals surface area contributed by atoms with E-state index in [4.69, 9.17) is 9.68 Å². The number of nitriles is 1. The van der Waals surface area contributed by atoms with E-state index in [2.05, 4.69) is 16.1 Å². The van der Waals surface area contributed by atoms with E-state index in [0.29, 0.717) is 29.1 Å². The number of hydrogen-bond donors (Lipinski definition) is 0. The van der Waals surface area contributed by atoms with E-state index in [0.717, 1.165) is 32.6 Å². The fourth-order valence-electron chi connectivity index (χ4n) is 3.69. The van der Waals surface area contributed by atoms with E-state index in [1.807, 2.05) is 42.3 Å². The fraction of sp³-hybridized carbons (Fsp3) is 0.318. The van der Waals surface area contributed by atoms with Gasteiger partial charge in [-0.3, -0.25) is 14.4 Å². The molecule has 1 saturated heterocycles. The van der Waals surface area contributed by atoms with Crippen molar-refractivity contribution in [1.82, 2.24) is 19.6 Å². The van der Waals surface area contributed by atoms with Crippen LogP contribution in [0.4, 0.5) is 0 Å². The maximum Gasteiger partial charge on any atom is 0.257 e. The molecule has 3 aromatic rings. The van der Waals surface area contributed by atoms with Gasteiger partial charge in [0.05, 0.1) is 23.5 Å². The van der Waals surface area contributed by atoms with Gasteiger partial charge in [0.15, 0.2) is 5.76 Å². The highest BCUT2D eigenvalue weighted by atomic mass is 16.3. The molecule has 1 amide bonds. The summed E-state index contributed by atoms with van der Waals surface area (Å²) in [6, 6.07) is 13.5. The molecule has 0 aliphatic carbocycles. The third-order valence-corrected chi connectivity index (χ3v) is 5.18. The summed E-state index contributed by atoms with van der Waals surface area (Å²) in [5.41, 5.74) is 3.01. The van der Waals surface area contributed by atoms with Crippen molar-refractivity contribution in [1.29, 1.82) is 5.26 Å². The van der Waals surface area contributed by atoms with Crippen LogP contribution in [0.2, 0.25) is 0 Å².